The molecule has 1 amide bonds. The summed E-state index contributed by atoms with van der Waals surface area (Å²) in [7, 11) is 0.374. The number of amides is 1. The molecule has 0 heterocycles. The van der Waals surface area contributed by atoms with Crippen LogP contribution in [0.3, 0.4) is 0 Å². The van der Waals surface area contributed by atoms with Crippen LogP contribution in [-0.2, 0) is 0 Å². The summed E-state index contributed by atoms with van der Waals surface area (Å²) in [6, 6.07) is 0. The van der Waals surface area contributed by atoms with Crippen molar-refractivity contribution in [2.24, 2.45) is 0 Å². The molecule has 0 bridgehead atoms. The van der Waals surface area contributed by atoms with Gasteiger partial charge in [-0.3, -0.25) is 0 Å². The standard InChI is InChI=1S/C6H15NO2Si/c1-7(6(8)9)5-10(2,3)4/h5H2,1-4H3,(H,8,9). The maximum Gasteiger partial charge on any atom is 0.406 e. The predicted octanol–water partition coefficient (Wildman–Crippen LogP) is 1.47. The van der Waals surface area contributed by atoms with Gasteiger partial charge < -0.3 is 10.0 Å². The zero-order valence-electron chi connectivity index (χ0n) is 7.01. The number of hydrogen-bond acceptors (Lipinski definition) is 1. The van der Waals surface area contributed by atoms with Gasteiger partial charge in [0.25, 0.3) is 0 Å². The number of carbonyl (C=O) groups is 1. The molecule has 0 aromatic heterocycles. The van der Waals surface area contributed by atoms with Crippen molar-refractivity contribution in [2.45, 2.75) is 19.6 Å². The minimum Gasteiger partial charge on any atom is -0.465 e. The normalized spacial score (nSPS) is 11.2. The molecule has 0 unspecified atom stereocenters. The monoisotopic (exact) mass is 161 g/mol. The number of nitrogens with zero attached hydrogens (tertiary/aromatic N) is 1. The zero-order chi connectivity index (χ0) is 8.36. The van der Waals surface area contributed by atoms with Gasteiger partial charge in [0.05, 0.1) is 8.07 Å². The van der Waals surface area contributed by atoms with Gasteiger partial charge in [-0.25, -0.2) is 4.79 Å². The van der Waals surface area contributed by atoms with E-state index in [0.717, 1.165) is 0 Å². The highest BCUT2D eigenvalue weighted by atomic mass is 28.3. The summed E-state index contributed by atoms with van der Waals surface area (Å²) in [4.78, 5) is 11.7. The minimum absolute atomic E-state index is 0.711. The molecule has 0 saturated carbocycles. The Kier molecular flexibility index (Phi) is 2.89. The molecule has 0 aliphatic rings. The van der Waals surface area contributed by atoms with Crippen molar-refractivity contribution in [3.63, 3.8) is 0 Å². The second-order valence-corrected chi connectivity index (χ2v) is 9.14. The molecule has 0 fully saturated rings. The predicted molar refractivity (Wildman–Crippen MR) is 44.0 cm³/mol. The topological polar surface area (TPSA) is 40.5 Å². The van der Waals surface area contributed by atoms with Crippen LogP contribution in [0.5, 0.6) is 0 Å². The third kappa shape index (κ3) is 4.37. The Morgan fingerprint density at radius 3 is 2.00 bits per heavy atom. The third-order valence-corrected chi connectivity index (χ3v) is 2.46. The molecule has 10 heavy (non-hydrogen) atoms. The highest BCUT2D eigenvalue weighted by Crippen LogP contribution is 2.01. The van der Waals surface area contributed by atoms with Crippen molar-refractivity contribution < 1.29 is 9.90 Å². The molecular weight excluding hydrogens is 146 g/mol. The van der Waals surface area contributed by atoms with Gasteiger partial charge in [-0.1, -0.05) is 19.6 Å². The summed E-state index contributed by atoms with van der Waals surface area (Å²) in [5.74, 6) is 0. The van der Waals surface area contributed by atoms with E-state index in [1.807, 2.05) is 0 Å². The van der Waals surface area contributed by atoms with Crippen LogP contribution in [0.25, 0.3) is 0 Å². The molecular formula is C6H15NO2Si. The minimum atomic E-state index is -1.24. The number of rotatable bonds is 2. The van der Waals surface area contributed by atoms with E-state index in [-0.39, 0.29) is 0 Å². The van der Waals surface area contributed by atoms with E-state index in [9.17, 15) is 4.79 Å². The summed E-state index contributed by atoms with van der Waals surface area (Å²) in [6.07, 6.45) is -0.120. The molecule has 0 aliphatic heterocycles. The van der Waals surface area contributed by atoms with Crippen LogP contribution in [0.2, 0.25) is 19.6 Å². The van der Waals surface area contributed by atoms with Gasteiger partial charge in [0, 0.05) is 13.2 Å². The van der Waals surface area contributed by atoms with E-state index >= 15 is 0 Å². The highest BCUT2D eigenvalue weighted by molar-refractivity contribution is 6.76. The van der Waals surface area contributed by atoms with Crippen LogP contribution in [0.4, 0.5) is 4.79 Å². The van der Waals surface area contributed by atoms with Crippen molar-refractivity contribution in [1.82, 2.24) is 4.90 Å². The first-order valence-electron chi connectivity index (χ1n) is 3.27. The van der Waals surface area contributed by atoms with Gasteiger partial charge in [0.2, 0.25) is 0 Å². The largest absolute Gasteiger partial charge is 0.465 e. The lowest BCUT2D eigenvalue weighted by molar-refractivity contribution is 0.162. The molecule has 4 heteroatoms. The SMILES string of the molecule is CN(C[Si](C)(C)C)C(=O)O. The van der Waals surface area contributed by atoms with Gasteiger partial charge >= 0.3 is 6.09 Å². The van der Waals surface area contributed by atoms with Gasteiger partial charge in [-0.05, 0) is 0 Å². The Labute approximate surface area is 62.7 Å². The van der Waals surface area contributed by atoms with E-state index in [2.05, 4.69) is 19.6 Å². The second-order valence-electron chi connectivity index (χ2n) is 3.70. The summed E-state index contributed by atoms with van der Waals surface area (Å²) in [5.41, 5.74) is 0. The van der Waals surface area contributed by atoms with Crippen molar-refractivity contribution in [2.75, 3.05) is 13.2 Å². The van der Waals surface area contributed by atoms with E-state index in [4.69, 9.17) is 5.11 Å². The van der Waals surface area contributed by atoms with Gasteiger partial charge in [-0.15, -0.1) is 0 Å². The summed E-state index contributed by atoms with van der Waals surface area (Å²) in [5, 5.41) is 8.49. The molecule has 0 aliphatic carbocycles. The first kappa shape index (κ1) is 9.49. The summed E-state index contributed by atoms with van der Waals surface area (Å²) >= 11 is 0. The Morgan fingerprint density at radius 1 is 1.50 bits per heavy atom. The number of carboxylic acid groups (broad SMARTS) is 1. The zero-order valence-corrected chi connectivity index (χ0v) is 8.01. The lowest BCUT2D eigenvalue weighted by Gasteiger charge is -2.22. The van der Waals surface area contributed by atoms with E-state index in [1.54, 1.807) is 7.05 Å². The summed E-state index contributed by atoms with van der Waals surface area (Å²) < 4.78 is 0. The Hall–Kier alpha value is -0.513. The van der Waals surface area contributed by atoms with Crippen LogP contribution >= 0.6 is 0 Å². The van der Waals surface area contributed by atoms with Crippen LogP contribution in [0.1, 0.15) is 0 Å². The van der Waals surface area contributed by atoms with Gasteiger partial charge in [0.15, 0.2) is 0 Å². The smallest absolute Gasteiger partial charge is 0.406 e. The fraction of sp³-hybridized carbons (Fsp3) is 0.833. The molecule has 1 N–H and O–H groups in total. The van der Waals surface area contributed by atoms with Crippen molar-refractivity contribution >= 4 is 14.2 Å². The summed E-state index contributed by atoms with van der Waals surface area (Å²) in [6.45, 7) is 6.44. The Morgan fingerprint density at radius 2 is 1.90 bits per heavy atom. The maximum absolute atomic E-state index is 10.3. The van der Waals surface area contributed by atoms with Crippen molar-refractivity contribution in [3.8, 4) is 0 Å². The highest BCUT2D eigenvalue weighted by Gasteiger charge is 2.18. The average molecular weight is 161 g/mol. The molecule has 60 valence electrons. The van der Waals surface area contributed by atoms with Crippen LogP contribution < -0.4 is 0 Å². The third-order valence-electron chi connectivity index (χ3n) is 1.04. The van der Waals surface area contributed by atoms with Gasteiger partial charge in [0.1, 0.15) is 0 Å². The lowest BCUT2D eigenvalue weighted by atomic mass is 10.9. The van der Waals surface area contributed by atoms with Crippen LogP contribution in [0.15, 0.2) is 0 Å². The second kappa shape index (κ2) is 3.05. The van der Waals surface area contributed by atoms with Crippen molar-refractivity contribution in [1.29, 1.82) is 0 Å². The van der Waals surface area contributed by atoms with E-state index in [1.165, 1.54) is 4.90 Å². The molecule has 0 saturated heterocycles. The lowest BCUT2D eigenvalue weighted by Crippen LogP contribution is -2.40. The molecule has 0 atom stereocenters. The molecule has 0 spiro atoms. The first-order valence-corrected chi connectivity index (χ1v) is 6.98. The average Bonchev–Trinajstić information content (AvgIpc) is 1.60. The fourth-order valence-corrected chi connectivity index (χ4v) is 2.34. The Bertz CT molecular complexity index is 130. The Balaban J connectivity index is 3.80. The van der Waals surface area contributed by atoms with Crippen LogP contribution in [0, 0.1) is 0 Å². The van der Waals surface area contributed by atoms with Gasteiger partial charge in [-0.2, -0.15) is 0 Å². The maximum atomic E-state index is 10.3. The quantitative estimate of drug-likeness (QED) is 0.623. The molecule has 0 aromatic carbocycles. The number of hydrogen-bond donors (Lipinski definition) is 1. The molecule has 0 rings (SSSR count). The van der Waals surface area contributed by atoms with E-state index < -0.39 is 14.2 Å². The first-order chi connectivity index (χ1) is 4.33. The fourth-order valence-electron chi connectivity index (χ4n) is 0.779. The van der Waals surface area contributed by atoms with Crippen LogP contribution in [-0.4, -0.2) is 37.4 Å². The molecule has 3 nitrogen and oxygen atoms in total. The molecule has 0 radical (unpaired) electrons. The van der Waals surface area contributed by atoms with E-state index in [0.29, 0.717) is 6.17 Å². The molecule has 0 aromatic rings. The van der Waals surface area contributed by atoms with Crippen molar-refractivity contribution in [3.05, 3.63) is 0 Å².